The van der Waals surface area contributed by atoms with Crippen LogP contribution in [0.1, 0.15) is 0 Å². The van der Waals surface area contributed by atoms with Gasteiger partial charge in [-0.3, -0.25) is 0 Å². The van der Waals surface area contributed by atoms with Crippen LogP contribution in [-0.4, -0.2) is 0 Å². The molecule has 0 aliphatic rings. The summed E-state index contributed by atoms with van der Waals surface area (Å²) in [5.41, 5.74) is 2.27. The van der Waals surface area contributed by atoms with Crippen molar-refractivity contribution in [3.63, 3.8) is 0 Å². The minimum absolute atomic E-state index is 0.770. The molecule has 3 aromatic rings. The third-order valence-corrected chi connectivity index (χ3v) is 3.06. The predicted molar refractivity (Wildman–Crippen MR) is 73.2 cm³/mol. The Hall–Kier alpha value is -1.79. The highest BCUT2D eigenvalue weighted by Gasteiger charge is 1.99. The molecule has 81 valence electrons. The van der Waals surface area contributed by atoms with Gasteiger partial charge < -0.3 is 0 Å². The molecule has 0 saturated carbocycles. The Morgan fingerprint density at radius 1 is 0.824 bits per heavy atom. The minimum atomic E-state index is 0.770. The first-order chi connectivity index (χ1) is 8.33. The van der Waals surface area contributed by atoms with Crippen LogP contribution in [0.4, 0.5) is 0 Å². The number of halogens is 1. The summed E-state index contributed by atoms with van der Waals surface area (Å²) in [6.45, 7) is 0. The van der Waals surface area contributed by atoms with Gasteiger partial charge in [0.25, 0.3) is 0 Å². The van der Waals surface area contributed by atoms with E-state index < -0.39 is 0 Å². The van der Waals surface area contributed by atoms with Crippen LogP contribution in [0.15, 0.2) is 60.7 Å². The molecule has 0 spiro atoms. The number of fused-ring (bicyclic) bond motifs is 1. The zero-order valence-electron chi connectivity index (χ0n) is 9.15. The van der Waals surface area contributed by atoms with Gasteiger partial charge >= 0.3 is 0 Å². The molecule has 0 fully saturated rings. The lowest BCUT2D eigenvalue weighted by molar-refractivity contribution is 1.63. The van der Waals surface area contributed by atoms with Crippen LogP contribution in [-0.2, 0) is 0 Å². The van der Waals surface area contributed by atoms with Gasteiger partial charge in [-0.2, -0.15) is 0 Å². The molecule has 0 aliphatic heterocycles. The maximum atomic E-state index is 6.01. The van der Waals surface area contributed by atoms with Crippen LogP contribution in [0.5, 0.6) is 0 Å². The quantitative estimate of drug-likeness (QED) is 0.561. The van der Waals surface area contributed by atoms with Crippen molar-refractivity contribution in [3.05, 3.63) is 71.8 Å². The lowest BCUT2D eigenvalue weighted by Crippen LogP contribution is -1.79. The van der Waals surface area contributed by atoms with Crippen LogP contribution >= 0.6 is 11.6 Å². The Balaban J connectivity index is 2.19. The van der Waals surface area contributed by atoms with Gasteiger partial charge in [-0.1, -0.05) is 54.1 Å². The number of benzene rings is 3. The van der Waals surface area contributed by atoms with Crippen molar-refractivity contribution in [2.24, 2.45) is 0 Å². The van der Waals surface area contributed by atoms with Crippen LogP contribution in [0, 0.1) is 6.07 Å². The molecule has 0 bridgehead atoms. The predicted octanol–water partition coefficient (Wildman–Crippen LogP) is 4.96. The van der Waals surface area contributed by atoms with Crippen molar-refractivity contribution in [3.8, 4) is 11.1 Å². The van der Waals surface area contributed by atoms with Crippen molar-refractivity contribution in [1.82, 2.24) is 0 Å². The first-order valence-electron chi connectivity index (χ1n) is 5.49. The van der Waals surface area contributed by atoms with Crippen LogP contribution in [0.3, 0.4) is 0 Å². The largest absolute Gasteiger partial charge is 0.0843 e. The molecule has 0 amide bonds. The summed E-state index contributed by atoms with van der Waals surface area (Å²) in [7, 11) is 0. The van der Waals surface area contributed by atoms with Crippen molar-refractivity contribution in [1.29, 1.82) is 0 Å². The highest BCUT2D eigenvalue weighted by atomic mass is 35.5. The van der Waals surface area contributed by atoms with E-state index in [-0.39, 0.29) is 0 Å². The zero-order valence-corrected chi connectivity index (χ0v) is 9.91. The van der Waals surface area contributed by atoms with Crippen molar-refractivity contribution >= 4 is 22.4 Å². The van der Waals surface area contributed by atoms with E-state index in [1.807, 2.05) is 36.4 Å². The van der Waals surface area contributed by atoms with Gasteiger partial charge in [0.2, 0.25) is 0 Å². The second kappa shape index (κ2) is 4.23. The second-order valence-corrected chi connectivity index (χ2v) is 4.42. The van der Waals surface area contributed by atoms with E-state index in [1.54, 1.807) is 0 Å². The normalized spacial score (nSPS) is 10.6. The maximum absolute atomic E-state index is 6.01. The smallest absolute Gasteiger partial charge is 0.0412 e. The van der Waals surface area contributed by atoms with Gasteiger partial charge in [-0.25, -0.2) is 0 Å². The Morgan fingerprint density at radius 2 is 1.71 bits per heavy atom. The molecule has 0 aromatic heterocycles. The molecular formula is C16H10Cl. The van der Waals surface area contributed by atoms with Gasteiger partial charge in [0, 0.05) is 5.02 Å². The van der Waals surface area contributed by atoms with Gasteiger partial charge in [-0.05, 0) is 46.2 Å². The van der Waals surface area contributed by atoms with E-state index in [4.69, 9.17) is 11.6 Å². The second-order valence-electron chi connectivity index (χ2n) is 3.98. The zero-order chi connectivity index (χ0) is 11.7. The summed E-state index contributed by atoms with van der Waals surface area (Å²) in [6, 6.07) is 23.5. The van der Waals surface area contributed by atoms with Gasteiger partial charge in [0.05, 0.1) is 0 Å². The number of hydrogen-bond acceptors (Lipinski definition) is 0. The Kier molecular flexibility index (Phi) is 2.58. The van der Waals surface area contributed by atoms with E-state index in [0.717, 1.165) is 16.0 Å². The molecular weight excluding hydrogens is 228 g/mol. The van der Waals surface area contributed by atoms with Crippen molar-refractivity contribution < 1.29 is 0 Å². The minimum Gasteiger partial charge on any atom is -0.0843 e. The highest BCUT2D eigenvalue weighted by Crippen LogP contribution is 2.25. The standard InChI is InChI=1S/C16H10Cl/c17-16-9-8-13-6-7-14(10-15(13)11-16)12-4-2-1-3-5-12/h1-4,6-11H. The molecule has 17 heavy (non-hydrogen) atoms. The molecule has 0 N–H and O–H groups in total. The Labute approximate surface area is 105 Å². The molecule has 0 atom stereocenters. The number of hydrogen-bond donors (Lipinski definition) is 0. The van der Waals surface area contributed by atoms with Crippen molar-refractivity contribution in [2.45, 2.75) is 0 Å². The average molecular weight is 238 g/mol. The Morgan fingerprint density at radius 3 is 2.53 bits per heavy atom. The Bertz CT molecular complexity index is 657. The average Bonchev–Trinajstić information content (AvgIpc) is 2.39. The lowest BCUT2D eigenvalue weighted by atomic mass is 10.0. The molecule has 0 saturated heterocycles. The maximum Gasteiger partial charge on any atom is 0.0412 e. The van der Waals surface area contributed by atoms with E-state index in [0.29, 0.717) is 0 Å². The number of rotatable bonds is 1. The molecule has 0 heterocycles. The summed E-state index contributed by atoms with van der Waals surface area (Å²) in [6.07, 6.45) is 0. The molecule has 0 aliphatic carbocycles. The first kappa shape index (κ1) is 10.4. The molecule has 0 nitrogen and oxygen atoms in total. The van der Waals surface area contributed by atoms with Crippen LogP contribution in [0.2, 0.25) is 5.02 Å². The molecule has 1 heteroatoms. The third-order valence-electron chi connectivity index (χ3n) is 2.82. The molecule has 3 rings (SSSR count). The summed E-state index contributed by atoms with van der Waals surface area (Å²) in [5.74, 6) is 0. The topological polar surface area (TPSA) is 0 Å². The van der Waals surface area contributed by atoms with E-state index in [2.05, 4.69) is 30.3 Å². The fourth-order valence-electron chi connectivity index (χ4n) is 1.96. The summed E-state index contributed by atoms with van der Waals surface area (Å²) in [4.78, 5) is 0. The SMILES string of the molecule is Clc1ccc2ccc(-c3[c]cccc3)cc2c1. The van der Waals surface area contributed by atoms with E-state index in [9.17, 15) is 0 Å². The van der Waals surface area contributed by atoms with E-state index in [1.165, 1.54) is 10.9 Å². The summed E-state index contributed by atoms with van der Waals surface area (Å²) in [5, 5.41) is 3.13. The third kappa shape index (κ3) is 2.04. The lowest BCUT2D eigenvalue weighted by Gasteiger charge is -2.04. The molecule has 0 unspecified atom stereocenters. The van der Waals surface area contributed by atoms with Gasteiger partial charge in [-0.15, -0.1) is 0 Å². The monoisotopic (exact) mass is 237 g/mol. The van der Waals surface area contributed by atoms with Crippen LogP contribution < -0.4 is 0 Å². The van der Waals surface area contributed by atoms with Crippen LogP contribution in [0.25, 0.3) is 21.9 Å². The molecule has 3 aromatic carbocycles. The van der Waals surface area contributed by atoms with E-state index >= 15 is 0 Å². The van der Waals surface area contributed by atoms with Gasteiger partial charge in [0.1, 0.15) is 0 Å². The molecule has 1 radical (unpaired) electrons. The summed E-state index contributed by atoms with van der Waals surface area (Å²) < 4.78 is 0. The fourth-order valence-corrected chi connectivity index (χ4v) is 2.14. The summed E-state index contributed by atoms with van der Waals surface area (Å²) >= 11 is 6.01. The first-order valence-corrected chi connectivity index (χ1v) is 5.87. The van der Waals surface area contributed by atoms with Gasteiger partial charge in [0.15, 0.2) is 0 Å². The highest BCUT2D eigenvalue weighted by molar-refractivity contribution is 6.31. The van der Waals surface area contributed by atoms with Crippen molar-refractivity contribution in [2.75, 3.05) is 0 Å². The fraction of sp³-hybridized carbons (Fsp3) is 0.